The number of nitrogens with one attached hydrogen (secondary N) is 1. The van der Waals surface area contributed by atoms with Crippen LogP contribution >= 0.6 is 23.2 Å². The van der Waals surface area contributed by atoms with Crippen molar-refractivity contribution < 1.29 is 9.63 Å². The lowest BCUT2D eigenvalue weighted by atomic mass is 10.2. The standard InChI is InChI=1S/C10H12Cl2N2O2/c1-10(2,3)16-14-9(15)6-4-7(11)13-8(12)5-6/h4-5H,1-3H3,(H,14,15). The van der Waals surface area contributed by atoms with Crippen LogP contribution in [-0.2, 0) is 4.84 Å². The maximum Gasteiger partial charge on any atom is 0.275 e. The first-order chi connectivity index (χ1) is 7.28. The van der Waals surface area contributed by atoms with Crippen molar-refractivity contribution >= 4 is 29.1 Å². The first kappa shape index (κ1) is 13.2. The maximum atomic E-state index is 11.6. The molecule has 0 aliphatic heterocycles. The van der Waals surface area contributed by atoms with E-state index < -0.39 is 11.5 Å². The Morgan fingerprint density at radius 1 is 1.31 bits per heavy atom. The fourth-order valence-electron chi connectivity index (χ4n) is 0.854. The fourth-order valence-corrected chi connectivity index (χ4v) is 1.31. The minimum atomic E-state index is -0.462. The van der Waals surface area contributed by atoms with Gasteiger partial charge >= 0.3 is 0 Å². The summed E-state index contributed by atoms with van der Waals surface area (Å²) in [6, 6.07) is 2.82. The van der Waals surface area contributed by atoms with Crippen molar-refractivity contribution in [3.05, 3.63) is 28.0 Å². The predicted molar refractivity (Wildman–Crippen MR) is 62.6 cm³/mol. The number of hydroxylamine groups is 1. The van der Waals surface area contributed by atoms with Gasteiger partial charge in [0, 0.05) is 5.56 Å². The molecular weight excluding hydrogens is 251 g/mol. The van der Waals surface area contributed by atoms with Crippen molar-refractivity contribution in [3.63, 3.8) is 0 Å². The summed E-state index contributed by atoms with van der Waals surface area (Å²) >= 11 is 11.3. The lowest BCUT2D eigenvalue weighted by Crippen LogP contribution is -2.33. The monoisotopic (exact) mass is 262 g/mol. The van der Waals surface area contributed by atoms with Gasteiger partial charge in [0.05, 0.1) is 5.60 Å². The minimum Gasteiger partial charge on any atom is -0.268 e. The van der Waals surface area contributed by atoms with Gasteiger partial charge in [-0.25, -0.2) is 10.5 Å². The molecule has 0 bridgehead atoms. The van der Waals surface area contributed by atoms with Crippen molar-refractivity contribution in [2.24, 2.45) is 0 Å². The Kier molecular flexibility index (Phi) is 4.13. The number of hydrogen-bond acceptors (Lipinski definition) is 3. The normalized spacial score (nSPS) is 11.3. The topological polar surface area (TPSA) is 51.2 Å². The second-order valence-corrected chi connectivity index (χ2v) is 4.92. The van der Waals surface area contributed by atoms with Crippen LogP contribution in [0.15, 0.2) is 12.1 Å². The molecule has 1 amide bonds. The van der Waals surface area contributed by atoms with Crippen LogP contribution in [0.3, 0.4) is 0 Å². The van der Waals surface area contributed by atoms with Crippen LogP contribution in [0.2, 0.25) is 10.3 Å². The zero-order valence-electron chi connectivity index (χ0n) is 9.17. The second-order valence-electron chi connectivity index (χ2n) is 4.15. The van der Waals surface area contributed by atoms with E-state index in [-0.39, 0.29) is 10.3 Å². The fraction of sp³-hybridized carbons (Fsp3) is 0.400. The summed E-state index contributed by atoms with van der Waals surface area (Å²) in [6.07, 6.45) is 0. The summed E-state index contributed by atoms with van der Waals surface area (Å²) in [6.45, 7) is 5.46. The zero-order chi connectivity index (χ0) is 12.3. The van der Waals surface area contributed by atoms with Crippen LogP contribution in [0.5, 0.6) is 0 Å². The van der Waals surface area contributed by atoms with Gasteiger partial charge in [0.15, 0.2) is 0 Å². The summed E-state index contributed by atoms with van der Waals surface area (Å²) in [4.78, 5) is 20.5. The number of rotatable bonds is 2. The maximum absolute atomic E-state index is 11.6. The summed E-state index contributed by atoms with van der Waals surface area (Å²) < 4.78 is 0. The summed E-state index contributed by atoms with van der Waals surface area (Å²) in [5, 5.41) is 0.321. The summed E-state index contributed by atoms with van der Waals surface area (Å²) in [5.41, 5.74) is 2.15. The van der Waals surface area contributed by atoms with E-state index in [1.165, 1.54) is 12.1 Å². The van der Waals surface area contributed by atoms with Gasteiger partial charge in [-0.05, 0) is 32.9 Å². The van der Waals surface area contributed by atoms with Gasteiger partial charge < -0.3 is 0 Å². The average Bonchev–Trinajstić information content (AvgIpc) is 2.11. The molecule has 4 nitrogen and oxygen atoms in total. The number of carbonyl (C=O) groups excluding carboxylic acids is 1. The van der Waals surface area contributed by atoms with Crippen molar-refractivity contribution in [1.82, 2.24) is 10.5 Å². The van der Waals surface area contributed by atoms with Crippen LogP contribution in [0.1, 0.15) is 31.1 Å². The van der Waals surface area contributed by atoms with Gasteiger partial charge in [-0.15, -0.1) is 0 Å². The molecule has 1 aromatic rings. The molecule has 1 N–H and O–H groups in total. The number of nitrogens with zero attached hydrogens (tertiary/aromatic N) is 1. The third-order valence-corrected chi connectivity index (χ3v) is 1.86. The van der Waals surface area contributed by atoms with E-state index >= 15 is 0 Å². The molecule has 6 heteroatoms. The second kappa shape index (κ2) is 4.99. The molecule has 88 valence electrons. The number of amides is 1. The summed E-state index contributed by atoms with van der Waals surface area (Å²) in [5.74, 6) is -0.416. The molecule has 0 spiro atoms. The Balaban J connectivity index is 2.73. The quantitative estimate of drug-likeness (QED) is 0.659. The van der Waals surface area contributed by atoms with Crippen LogP contribution in [0.25, 0.3) is 0 Å². The Labute approximate surface area is 104 Å². The highest BCUT2D eigenvalue weighted by Gasteiger charge is 2.14. The lowest BCUT2D eigenvalue weighted by Gasteiger charge is -2.18. The van der Waals surface area contributed by atoms with E-state index in [0.29, 0.717) is 5.56 Å². The Hall–Kier alpha value is -0.840. The molecule has 0 unspecified atom stereocenters. The molecule has 16 heavy (non-hydrogen) atoms. The lowest BCUT2D eigenvalue weighted by molar-refractivity contribution is -0.0589. The molecule has 0 saturated heterocycles. The van der Waals surface area contributed by atoms with E-state index in [4.69, 9.17) is 28.0 Å². The molecular formula is C10H12Cl2N2O2. The van der Waals surface area contributed by atoms with Crippen LogP contribution in [-0.4, -0.2) is 16.5 Å². The molecule has 0 aliphatic carbocycles. The Bertz CT molecular complexity index is 382. The molecule has 0 atom stereocenters. The highest BCUT2D eigenvalue weighted by molar-refractivity contribution is 6.33. The van der Waals surface area contributed by atoms with E-state index in [2.05, 4.69) is 10.5 Å². The average molecular weight is 263 g/mol. The van der Waals surface area contributed by atoms with Gasteiger partial charge in [0.1, 0.15) is 10.3 Å². The number of carbonyl (C=O) groups is 1. The van der Waals surface area contributed by atoms with Crippen molar-refractivity contribution in [2.45, 2.75) is 26.4 Å². The molecule has 0 saturated carbocycles. The molecule has 1 aromatic heterocycles. The third kappa shape index (κ3) is 4.35. The molecule has 0 fully saturated rings. The smallest absolute Gasteiger partial charge is 0.268 e. The van der Waals surface area contributed by atoms with Gasteiger partial charge in [0.2, 0.25) is 0 Å². The number of halogens is 2. The first-order valence-corrected chi connectivity index (χ1v) is 5.35. The highest BCUT2D eigenvalue weighted by Crippen LogP contribution is 2.15. The van der Waals surface area contributed by atoms with Crippen LogP contribution in [0.4, 0.5) is 0 Å². The van der Waals surface area contributed by atoms with E-state index in [1.807, 2.05) is 20.8 Å². The Morgan fingerprint density at radius 3 is 2.25 bits per heavy atom. The van der Waals surface area contributed by atoms with Crippen LogP contribution < -0.4 is 5.48 Å². The van der Waals surface area contributed by atoms with Crippen LogP contribution in [0, 0.1) is 0 Å². The predicted octanol–water partition coefficient (Wildman–Crippen LogP) is 2.85. The Morgan fingerprint density at radius 2 is 1.81 bits per heavy atom. The molecule has 0 radical (unpaired) electrons. The molecule has 0 aliphatic rings. The van der Waals surface area contributed by atoms with Gasteiger partial charge in [-0.1, -0.05) is 23.2 Å². The minimum absolute atomic E-state index is 0.161. The van der Waals surface area contributed by atoms with E-state index in [9.17, 15) is 4.79 Å². The summed E-state index contributed by atoms with van der Waals surface area (Å²) in [7, 11) is 0. The number of aromatic nitrogens is 1. The van der Waals surface area contributed by atoms with Crippen molar-refractivity contribution in [2.75, 3.05) is 0 Å². The van der Waals surface area contributed by atoms with Gasteiger partial charge in [-0.3, -0.25) is 9.63 Å². The number of pyridine rings is 1. The van der Waals surface area contributed by atoms with Gasteiger partial charge in [0.25, 0.3) is 5.91 Å². The largest absolute Gasteiger partial charge is 0.275 e. The molecule has 1 rings (SSSR count). The molecule has 0 aromatic carbocycles. The van der Waals surface area contributed by atoms with Crippen molar-refractivity contribution in [3.8, 4) is 0 Å². The zero-order valence-corrected chi connectivity index (χ0v) is 10.7. The van der Waals surface area contributed by atoms with Crippen molar-refractivity contribution in [1.29, 1.82) is 0 Å². The third-order valence-electron chi connectivity index (χ3n) is 1.47. The van der Waals surface area contributed by atoms with E-state index in [0.717, 1.165) is 0 Å². The van der Waals surface area contributed by atoms with Gasteiger partial charge in [-0.2, -0.15) is 0 Å². The van der Waals surface area contributed by atoms with E-state index in [1.54, 1.807) is 0 Å². The number of hydrogen-bond donors (Lipinski definition) is 1. The molecule has 1 heterocycles. The first-order valence-electron chi connectivity index (χ1n) is 4.59. The highest BCUT2D eigenvalue weighted by atomic mass is 35.5. The SMILES string of the molecule is CC(C)(C)ONC(=O)c1cc(Cl)nc(Cl)c1.